The molecule has 30 heavy (non-hydrogen) atoms. The van der Waals surface area contributed by atoms with Crippen molar-refractivity contribution < 1.29 is 9.21 Å². The van der Waals surface area contributed by atoms with Crippen LogP contribution in [0.25, 0.3) is 28.6 Å². The van der Waals surface area contributed by atoms with Gasteiger partial charge in [-0.3, -0.25) is 15.1 Å². The SMILES string of the molecule is O=C(C=Cc1ccc(Cl)cc1)NC(=S)Nc1ccc2oc(-c3ccncc3)nc2c1. The highest BCUT2D eigenvalue weighted by Gasteiger charge is 2.09. The minimum atomic E-state index is -0.343. The van der Waals surface area contributed by atoms with E-state index in [1.54, 1.807) is 48.8 Å². The van der Waals surface area contributed by atoms with Crippen molar-refractivity contribution in [2.45, 2.75) is 0 Å². The Kier molecular flexibility index (Phi) is 5.83. The van der Waals surface area contributed by atoms with Crippen LogP contribution in [0.2, 0.25) is 5.02 Å². The number of nitrogens with zero attached hydrogens (tertiary/aromatic N) is 2. The standard InChI is InChI=1S/C22H15ClN4O2S/c23-16-4-1-14(2-5-16)3-8-20(28)27-22(30)25-17-6-7-19-18(13-17)26-21(29-19)15-9-11-24-12-10-15/h1-13H,(H2,25,27,28,30). The fourth-order valence-corrected chi connectivity index (χ4v) is 3.03. The van der Waals surface area contributed by atoms with Crippen LogP contribution in [0.1, 0.15) is 5.56 Å². The number of nitrogens with one attached hydrogen (secondary N) is 2. The minimum Gasteiger partial charge on any atom is -0.436 e. The first-order valence-electron chi connectivity index (χ1n) is 8.93. The fraction of sp³-hybridized carbons (Fsp3) is 0. The number of oxazole rings is 1. The van der Waals surface area contributed by atoms with Crippen LogP contribution < -0.4 is 10.6 Å². The molecule has 2 aromatic carbocycles. The lowest BCUT2D eigenvalue weighted by atomic mass is 10.2. The van der Waals surface area contributed by atoms with Gasteiger partial charge in [0.05, 0.1) is 0 Å². The van der Waals surface area contributed by atoms with Crippen LogP contribution >= 0.6 is 23.8 Å². The first-order chi connectivity index (χ1) is 14.6. The first-order valence-corrected chi connectivity index (χ1v) is 9.72. The molecule has 6 nitrogen and oxygen atoms in total. The highest BCUT2D eigenvalue weighted by atomic mass is 35.5. The van der Waals surface area contributed by atoms with E-state index in [4.69, 9.17) is 28.2 Å². The van der Waals surface area contributed by atoms with Crippen LogP contribution in [0.15, 0.2) is 77.5 Å². The number of anilines is 1. The number of rotatable bonds is 4. The van der Waals surface area contributed by atoms with Crippen LogP contribution in [-0.4, -0.2) is 21.0 Å². The second kappa shape index (κ2) is 8.86. The predicted molar refractivity (Wildman–Crippen MR) is 122 cm³/mol. The molecule has 2 N–H and O–H groups in total. The second-order valence-corrected chi connectivity index (χ2v) is 7.11. The van der Waals surface area contributed by atoms with Gasteiger partial charge in [-0.05, 0) is 66.3 Å². The Bertz CT molecular complexity index is 1240. The van der Waals surface area contributed by atoms with Gasteiger partial charge in [-0.1, -0.05) is 23.7 Å². The zero-order valence-corrected chi connectivity index (χ0v) is 17.1. The smallest absolute Gasteiger partial charge is 0.250 e. The molecule has 0 radical (unpaired) electrons. The summed E-state index contributed by atoms with van der Waals surface area (Å²) in [5.41, 5.74) is 3.70. The molecular formula is C22H15ClN4O2S. The first kappa shape index (κ1) is 19.8. The number of carbonyl (C=O) groups is 1. The summed E-state index contributed by atoms with van der Waals surface area (Å²) in [6, 6.07) is 16.2. The molecular weight excluding hydrogens is 420 g/mol. The van der Waals surface area contributed by atoms with Crippen molar-refractivity contribution in [3.63, 3.8) is 0 Å². The summed E-state index contributed by atoms with van der Waals surface area (Å²) in [7, 11) is 0. The van der Waals surface area contributed by atoms with Gasteiger partial charge in [0.15, 0.2) is 10.7 Å². The molecule has 0 atom stereocenters. The number of halogens is 1. The van der Waals surface area contributed by atoms with Gasteiger partial charge in [0.2, 0.25) is 11.8 Å². The molecule has 0 aliphatic heterocycles. The number of carbonyl (C=O) groups excluding carboxylic acids is 1. The molecule has 0 saturated carbocycles. The van der Waals surface area contributed by atoms with Crippen LogP contribution in [0.5, 0.6) is 0 Å². The summed E-state index contributed by atoms with van der Waals surface area (Å²) in [5.74, 6) is 0.165. The summed E-state index contributed by atoms with van der Waals surface area (Å²) in [4.78, 5) is 20.6. The highest BCUT2D eigenvalue weighted by molar-refractivity contribution is 7.80. The lowest BCUT2D eigenvalue weighted by molar-refractivity contribution is -0.115. The van der Waals surface area contributed by atoms with Crippen LogP contribution in [0.4, 0.5) is 5.69 Å². The maximum absolute atomic E-state index is 12.1. The average Bonchev–Trinajstić information content (AvgIpc) is 3.17. The molecule has 2 heterocycles. The van der Waals surface area contributed by atoms with E-state index in [1.807, 2.05) is 24.3 Å². The maximum Gasteiger partial charge on any atom is 0.250 e. The van der Waals surface area contributed by atoms with Gasteiger partial charge in [-0.25, -0.2) is 4.98 Å². The monoisotopic (exact) mass is 434 g/mol. The quantitative estimate of drug-likeness (QED) is 0.345. The number of thiocarbonyl (C=S) groups is 1. The zero-order chi connectivity index (χ0) is 20.9. The van der Waals surface area contributed by atoms with Crippen molar-refractivity contribution in [1.29, 1.82) is 0 Å². The van der Waals surface area contributed by atoms with Crippen LogP contribution in [0.3, 0.4) is 0 Å². The van der Waals surface area contributed by atoms with E-state index in [-0.39, 0.29) is 11.0 Å². The highest BCUT2D eigenvalue weighted by Crippen LogP contribution is 2.25. The Labute approximate surface area is 182 Å². The normalized spacial score (nSPS) is 11.0. The second-order valence-electron chi connectivity index (χ2n) is 6.27. The molecule has 0 saturated heterocycles. The molecule has 148 valence electrons. The number of hydrogen-bond acceptors (Lipinski definition) is 5. The van der Waals surface area contributed by atoms with E-state index in [0.29, 0.717) is 27.7 Å². The Hall–Kier alpha value is -3.55. The largest absolute Gasteiger partial charge is 0.436 e. The van der Waals surface area contributed by atoms with Gasteiger partial charge >= 0.3 is 0 Å². The van der Waals surface area contributed by atoms with Crippen LogP contribution in [0, 0.1) is 0 Å². The summed E-state index contributed by atoms with van der Waals surface area (Å²) in [5, 5.41) is 6.40. The molecule has 4 rings (SSSR count). The molecule has 2 aromatic heterocycles. The third-order valence-electron chi connectivity index (χ3n) is 4.11. The summed E-state index contributed by atoms with van der Waals surface area (Å²) < 4.78 is 5.77. The van der Waals surface area contributed by atoms with E-state index in [1.165, 1.54) is 6.08 Å². The molecule has 0 aliphatic carbocycles. The number of benzene rings is 2. The van der Waals surface area contributed by atoms with Gasteiger partial charge < -0.3 is 9.73 Å². The van der Waals surface area contributed by atoms with E-state index in [9.17, 15) is 4.79 Å². The third kappa shape index (κ3) is 4.89. The number of aromatic nitrogens is 2. The van der Waals surface area contributed by atoms with Gasteiger partial charge in [0, 0.05) is 34.7 Å². The van der Waals surface area contributed by atoms with Crippen molar-refractivity contribution in [2.24, 2.45) is 0 Å². The number of amides is 1. The molecule has 0 aliphatic rings. The van der Waals surface area contributed by atoms with Crippen molar-refractivity contribution in [1.82, 2.24) is 15.3 Å². The summed E-state index contributed by atoms with van der Waals surface area (Å²) >= 11 is 11.1. The van der Waals surface area contributed by atoms with Gasteiger partial charge in [-0.15, -0.1) is 0 Å². The maximum atomic E-state index is 12.1. The van der Waals surface area contributed by atoms with Crippen LogP contribution in [-0.2, 0) is 4.79 Å². The molecule has 1 amide bonds. The van der Waals surface area contributed by atoms with Crippen molar-refractivity contribution >= 4 is 57.7 Å². The number of fused-ring (bicyclic) bond motifs is 1. The Morgan fingerprint density at radius 1 is 1.07 bits per heavy atom. The van der Waals surface area contributed by atoms with E-state index in [2.05, 4.69) is 20.6 Å². The topological polar surface area (TPSA) is 80.0 Å². The summed E-state index contributed by atoms with van der Waals surface area (Å²) in [6.07, 6.45) is 6.44. The fourth-order valence-electron chi connectivity index (χ4n) is 2.68. The van der Waals surface area contributed by atoms with Gasteiger partial charge in [0.1, 0.15) is 5.52 Å². The zero-order valence-electron chi connectivity index (χ0n) is 15.5. The minimum absolute atomic E-state index is 0.179. The Balaban J connectivity index is 1.40. The van der Waals surface area contributed by atoms with Crippen molar-refractivity contribution in [2.75, 3.05) is 5.32 Å². The molecule has 0 bridgehead atoms. The number of pyridine rings is 1. The third-order valence-corrected chi connectivity index (χ3v) is 4.56. The predicted octanol–water partition coefficient (Wildman–Crippen LogP) is 5.07. The Morgan fingerprint density at radius 2 is 1.83 bits per heavy atom. The molecule has 4 aromatic rings. The Morgan fingerprint density at radius 3 is 2.60 bits per heavy atom. The molecule has 0 unspecified atom stereocenters. The number of hydrogen-bond donors (Lipinski definition) is 2. The van der Waals surface area contributed by atoms with Crippen molar-refractivity contribution in [3.8, 4) is 11.5 Å². The van der Waals surface area contributed by atoms with E-state index in [0.717, 1.165) is 11.1 Å². The van der Waals surface area contributed by atoms with Crippen molar-refractivity contribution in [3.05, 3.63) is 83.7 Å². The average molecular weight is 435 g/mol. The summed E-state index contributed by atoms with van der Waals surface area (Å²) in [6.45, 7) is 0. The molecule has 0 spiro atoms. The lowest BCUT2D eigenvalue weighted by Gasteiger charge is -2.07. The van der Waals surface area contributed by atoms with Gasteiger partial charge in [0.25, 0.3) is 0 Å². The molecule has 0 fully saturated rings. The van der Waals surface area contributed by atoms with E-state index >= 15 is 0 Å². The van der Waals surface area contributed by atoms with E-state index < -0.39 is 0 Å². The molecule has 8 heteroatoms. The van der Waals surface area contributed by atoms with Gasteiger partial charge in [-0.2, -0.15) is 0 Å². The lowest BCUT2D eigenvalue weighted by Crippen LogP contribution is -2.32.